The Morgan fingerprint density at radius 3 is 2.79 bits per heavy atom. The summed E-state index contributed by atoms with van der Waals surface area (Å²) in [5.74, 6) is -0.868. The Morgan fingerprint density at radius 1 is 1.31 bits per heavy atom. The number of amides is 1. The standard InChI is InChI=1S/C22H23NO6/c1-13-7-8-16(27-2)15(11-13)20(24)18-19(17-6-4-10-29-17)23(22(26)21(18)25)12-14-5-3-9-28-14/h4,6-8,10-11,14,19,24H,3,5,9,12H2,1-2H3/b20-18-. The van der Waals surface area contributed by atoms with Gasteiger partial charge < -0.3 is 23.9 Å². The molecule has 1 N–H and O–H groups in total. The summed E-state index contributed by atoms with van der Waals surface area (Å²) >= 11 is 0. The lowest BCUT2D eigenvalue weighted by molar-refractivity contribution is -0.141. The average Bonchev–Trinajstić information content (AvgIpc) is 3.46. The third-order valence-electron chi connectivity index (χ3n) is 5.39. The molecule has 7 nitrogen and oxygen atoms in total. The predicted molar refractivity (Wildman–Crippen MR) is 104 cm³/mol. The third kappa shape index (κ3) is 3.42. The van der Waals surface area contributed by atoms with E-state index in [1.807, 2.05) is 13.0 Å². The SMILES string of the molecule is COc1ccc(C)cc1/C(O)=C1/C(=O)C(=O)N(CC2CCCO2)C1c1ccco1. The van der Waals surface area contributed by atoms with Crippen LogP contribution in [-0.2, 0) is 14.3 Å². The number of furan rings is 1. The molecule has 1 aromatic carbocycles. The maximum atomic E-state index is 13.0. The van der Waals surface area contributed by atoms with Crippen molar-refractivity contribution >= 4 is 17.4 Å². The van der Waals surface area contributed by atoms with E-state index in [-0.39, 0.29) is 24.0 Å². The number of aliphatic hydroxyl groups excluding tert-OH is 1. The van der Waals surface area contributed by atoms with Gasteiger partial charge in [-0.05, 0) is 44.0 Å². The van der Waals surface area contributed by atoms with E-state index in [2.05, 4.69) is 0 Å². The van der Waals surface area contributed by atoms with Crippen LogP contribution in [0.5, 0.6) is 5.75 Å². The van der Waals surface area contributed by atoms with E-state index in [1.165, 1.54) is 18.3 Å². The largest absolute Gasteiger partial charge is 0.507 e. The van der Waals surface area contributed by atoms with Crippen LogP contribution in [0, 0.1) is 6.92 Å². The zero-order valence-corrected chi connectivity index (χ0v) is 16.4. The topological polar surface area (TPSA) is 89.2 Å². The van der Waals surface area contributed by atoms with E-state index in [4.69, 9.17) is 13.9 Å². The van der Waals surface area contributed by atoms with Crippen LogP contribution in [0.3, 0.4) is 0 Å². The van der Waals surface area contributed by atoms with Crippen molar-refractivity contribution in [3.05, 3.63) is 59.1 Å². The Kier molecular flexibility index (Phi) is 5.15. The van der Waals surface area contributed by atoms with Crippen molar-refractivity contribution < 1.29 is 28.6 Å². The second-order valence-electron chi connectivity index (χ2n) is 7.31. The Hall–Kier alpha value is -3.06. The van der Waals surface area contributed by atoms with Crippen LogP contribution in [0.4, 0.5) is 0 Å². The number of Topliss-reactive ketones (excluding diaryl/α,β-unsaturated/α-hetero) is 1. The molecule has 4 rings (SSSR count). The van der Waals surface area contributed by atoms with Crippen LogP contribution in [0.1, 0.15) is 35.8 Å². The summed E-state index contributed by atoms with van der Waals surface area (Å²) in [7, 11) is 1.49. The van der Waals surface area contributed by atoms with Gasteiger partial charge in [0.25, 0.3) is 11.7 Å². The normalized spacial score (nSPS) is 23.7. The minimum absolute atomic E-state index is 0.00755. The highest BCUT2D eigenvalue weighted by Gasteiger charge is 2.48. The number of benzene rings is 1. The zero-order chi connectivity index (χ0) is 20.5. The zero-order valence-electron chi connectivity index (χ0n) is 16.4. The molecule has 1 aromatic heterocycles. The Balaban J connectivity index is 1.84. The molecule has 2 unspecified atom stereocenters. The number of methoxy groups -OCH3 is 1. The van der Waals surface area contributed by atoms with Crippen molar-refractivity contribution in [3.8, 4) is 5.75 Å². The molecule has 152 valence electrons. The molecule has 2 aliphatic heterocycles. The highest BCUT2D eigenvalue weighted by molar-refractivity contribution is 6.46. The fourth-order valence-electron chi connectivity index (χ4n) is 3.97. The lowest BCUT2D eigenvalue weighted by Crippen LogP contribution is -2.36. The number of rotatable bonds is 5. The molecule has 2 atom stereocenters. The molecule has 1 amide bonds. The van der Waals surface area contributed by atoms with E-state index in [9.17, 15) is 14.7 Å². The van der Waals surface area contributed by atoms with Gasteiger partial charge in [0, 0.05) is 13.2 Å². The molecule has 2 aliphatic rings. The second-order valence-corrected chi connectivity index (χ2v) is 7.31. The van der Waals surface area contributed by atoms with Gasteiger partial charge in [-0.25, -0.2) is 0 Å². The molecule has 2 aromatic rings. The van der Waals surface area contributed by atoms with Gasteiger partial charge in [-0.15, -0.1) is 0 Å². The van der Waals surface area contributed by atoms with Gasteiger partial charge >= 0.3 is 0 Å². The summed E-state index contributed by atoms with van der Waals surface area (Å²) < 4.78 is 16.6. The molecule has 0 radical (unpaired) electrons. The highest BCUT2D eigenvalue weighted by atomic mass is 16.5. The first-order chi connectivity index (χ1) is 14.0. The number of hydrogen-bond acceptors (Lipinski definition) is 6. The van der Waals surface area contributed by atoms with Crippen LogP contribution in [-0.4, -0.2) is 48.1 Å². The van der Waals surface area contributed by atoms with E-state index < -0.39 is 17.7 Å². The van der Waals surface area contributed by atoms with E-state index in [1.54, 1.807) is 24.3 Å². The first-order valence-electron chi connectivity index (χ1n) is 9.59. The first-order valence-corrected chi connectivity index (χ1v) is 9.59. The van der Waals surface area contributed by atoms with Gasteiger partial charge in [0.05, 0.1) is 30.6 Å². The van der Waals surface area contributed by atoms with Gasteiger partial charge in [-0.3, -0.25) is 9.59 Å². The van der Waals surface area contributed by atoms with Crippen molar-refractivity contribution in [3.63, 3.8) is 0 Å². The first kappa shape index (κ1) is 19.3. The molecule has 0 saturated carbocycles. The number of aliphatic hydroxyl groups is 1. The maximum absolute atomic E-state index is 13.0. The Morgan fingerprint density at radius 2 is 2.14 bits per heavy atom. The Labute approximate surface area is 168 Å². The molecule has 0 bridgehead atoms. The van der Waals surface area contributed by atoms with E-state index in [0.29, 0.717) is 23.7 Å². The minimum atomic E-state index is -0.820. The maximum Gasteiger partial charge on any atom is 0.295 e. The molecule has 7 heteroatoms. The monoisotopic (exact) mass is 397 g/mol. The van der Waals surface area contributed by atoms with E-state index in [0.717, 1.165) is 18.4 Å². The number of ether oxygens (including phenoxy) is 2. The van der Waals surface area contributed by atoms with Crippen LogP contribution in [0.25, 0.3) is 5.76 Å². The highest BCUT2D eigenvalue weighted by Crippen LogP contribution is 2.41. The fraction of sp³-hybridized carbons (Fsp3) is 0.364. The van der Waals surface area contributed by atoms with Gasteiger partial charge in [-0.2, -0.15) is 0 Å². The number of ketones is 1. The number of carbonyl (C=O) groups is 2. The van der Waals surface area contributed by atoms with Gasteiger partial charge in [0.15, 0.2) is 0 Å². The average molecular weight is 397 g/mol. The van der Waals surface area contributed by atoms with Gasteiger partial charge in [0.2, 0.25) is 0 Å². The summed E-state index contributed by atoms with van der Waals surface area (Å²) in [6.07, 6.45) is 3.08. The van der Waals surface area contributed by atoms with Crippen LogP contribution in [0.15, 0.2) is 46.6 Å². The number of nitrogens with zero attached hydrogens (tertiary/aromatic N) is 1. The summed E-state index contributed by atoms with van der Waals surface area (Å²) in [6, 6.07) is 7.85. The molecule has 2 fully saturated rings. The quantitative estimate of drug-likeness (QED) is 0.473. The minimum Gasteiger partial charge on any atom is -0.507 e. The number of carbonyl (C=O) groups excluding carboxylic acids is 2. The van der Waals surface area contributed by atoms with Crippen molar-refractivity contribution in [2.75, 3.05) is 20.3 Å². The molecule has 29 heavy (non-hydrogen) atoms. The lowest BCUT2D eigenvalue weighted by Gasteiger charge is -2.25. The fourth-order valence-corrected chi connectivity index (χ4v) is 3.97. The van der Waals surface area contributed by atoms with E-state index >= 15 is 0 Å². The van der Waals surface area contributed by atoms with Crippen molar-refractivity contribution in [1.82, 2.24) is 4.90 Å². The molecule has 2 saturated heterocycles. The molecule has 0 spiro atoms. The summed E-state index contributed by atoms with van der Waals surface area (Å²) in [5, 5.41) is 11.1. The molecule has 0 aliphatic carbocycles. The Bertz CT molecular complexity index is 956. The van der Waals surface area contributed by atoms with Crippen LogP contribution in [0.2, 0.25) is 0 Å². The molecular weight excluding hydrogens is 374 g/mol. The predicted octanol–water partition coefficient (Wildman–Crippen LogP) is 3.20. The van der Waals surface area contributed by atoms with Crippen molar-refractivity contribution in [2.24, 2.45) is 0 Å². The van der Waals surface area contributed by atoms with Gasteiger partial charge in [0.1, 0.15) is 23.3 Å². The third-order valence-corrected chi connectivity index (χ3v) is 5.39. The number of likely N-dealkylation sites (tertiary alicyclic amines) is 1. The summed E-state index contributed by atoms with van der Waals surface area (Å²) in [4.78, 5) is 27.3. The van der Waals surface area contributed by atoms with Crippen LogP contribution >= 0.6 is 0 Å². The van der Waals surface area contributed by atoms with Gasteiger partial charge in [-0.1, -0.05) is 11.6 Å². The summed E-state index contributed by atoms with van der Waals surface area (Å²) in [5.41, 5.74) is 1.24. The van der Waals surface area contributed by atoms with Crippen LogP contribution < -0.4 is 4.74 Å². The smallest absolute Gasteiger partial charge is 0.295 e. The second kappa shape index (κ2) is 7.75. The van der Waals surface area contributed by atoms with Crippen molar-refractivity contribution in [1.29, 1.82) is 0 Å². The number of hydrogen-bond donors (Lipinski definition) is 1. The molecular formula is C22H23NO6. The summed E-state index contributed by atoms with van der Waals surface area (Å²) in [6.45, 7) is 2.77. The molecule has 3 heterocycles. The number of aryl methyl sites for hydroxylation is 1. The van der Waals surface area contributed by atoms with Crippen molar-refractivity contribution in [2.45, 2.75) is 31.9 Å². The lowest BCUT2D eigenvalue weighted by atomic mass is 9.98.